The van der Waals surface area contributed by atoms with Crippen LogP contribution < -0.4 is 10.6 Å². The number of amides is 2. The summed E-state index contributed by atoms with van der Waals surface area (Å²) in [4.78, 5) is 28.6. The maximum atomic E-state index is 12.4. The number of rotatable bonds is 5. The first-order valence-corrected chi connectivity index (χ1v) is 8.76. The molecule has 6 heteroatoms. The molecule has 2 N–H and O–H groups in total. The van der Waals surface area contributed by atoms with Gasteiger partial charge in [0, 0.05) is 16.9 Å². The smallest absolute Gasteiger partial charge is 0.257 e. The zero-order valence-electron chi connectivity index (χ0n) is 13.8. The summed E-state index contributed by atoms with van der Waals surface area (Å²) in [6, 6.07) is 18.0. The quantitative estimate of drug-likeness (QED) is 0.660. The molecule has 0 radical (unpaired) electrons. The van der Waals surface area contributed by atoms with E-state index in [0.29, 0.717) is 16.9 Å². The first-order valence-electron chi connectivity index (χ1n) is 7.97. The third-order valence-corrected chi connectivity index (χ3v) is 4.46. The Morgan fingerprint density at radius 1 is 0.885 bits per heavy atom. The Kier molecular flexibility index (Phi) is 5.76. The van der Waals surface area contributed by atoms with Crippen molar-refractivity contribution in [2.24, 2.45) is 0 Å². The highest BCUT2D eigenvalue weighted by atomic mass is 79.9. The summed E-state index contributed by atoms with van der Waals surface area (Å²) in [5.41, 5.74) is 2.41. The molecule has 5 nitrogen and oxygen atoms in total. The number of halogens is 1. The SMILES string of the molecule is O=C(Cc1ccccc1Br)Nc1ccccc1NC(=O)c1cccnc1. The summed E-state index contributed by atoms with van der Waals surface area (Å²) >= 11 is 3.44. The van der Waals surface area contributed by atoms with Gasteiger partial charge in [-0.15, -0.1) is 0 Å². The van der Waals surface area contributed by atoms with E-state index >= 15 is 0 Å². The van der Waals surface area contributed by atoms with Gasteiger partial charge in [0.25, 0.3) is 5.91 Å². The fraction of sp³-hybridized carbons (Fsp3) is 0.0500. The van der Waals surface area contributed by atoms with E-state index in [9.17, 15) is 9.59 Å². The van der Waals surface area contributed by atoms with Crippen LogP contribution in [0.3, 0.4) is 0 Å². The molecule has 0 aliphatic carbocycles. The fourth-order valence-electron chi connectivity index (χ4n) is 2.40. The Morgan fingerprint density at radius 2 is 1.58 bits per heavy atom. The molecule has 1 heterocycles. The van der Waals surface area contributed by atoms with Gasteiger partial charge in [-0.25, -0.2) is 0 Å². The highest BCUT2D eigenvalue weighted by Crippen LogP contribution is 2.23. The summed E-state index contributed by atoms with van der Waals surface area (Å²) in [7, 11) is 0. The van der Waals surface area contributed by atoms with Crippen LogP contribution in [0.25, 0.3) is 0 Å². The van der Waals surface area contributed by atoms with E-state index in [4.69, 9.17) is 0 Å². The number of anilines is 2. The lowest BCUT2D eigenvalue weighted by Crippen LogP contribution is -2.18. The number of para-hydroxylation sites is 2. The topological polar surface area (TPSA) is 71.1 Å². The molecule has 130 valence electrons. The summed E-state index contributed by atoms with van der Waals surface area (Å²) < 4.78 is 0.883. The Balaban J connectivity index is 1.72. The van der Waals surface area contributed by atoms with Gasteiger partial charge in [-0.05, 0) is 35.9 Å². The Hall–Kier alpha value is -2.99. The zero-order valence-corrected chi connectivity index (χ0v) is 15.4. The van der Waals surface area contributed by atoms with Crippen LogP contribution in [-0.2, 0) is 11.2 Å². The van der Waals surface area contributed by atoms with Crippen LogP contribution in [0.5, 0.6) is 0 Å². The number of hydrogen-bond acceptors (Lipinski definition) is 3. The van der Waals surface area contributed by atoms with Gasteiger partial charge in [0.15, 0.2) is 0 Å². The second kappa shape index (κ2) is 8.40. The van der Waals surface area contributed by atoms with Crippen LogP contribution in [0.15, 0.2) is 77.5 Å². The number of carbonyl (C=O) groups excluding carboxylic acids is 2. The number of nitrogens with one attached hydrogen (secondary N) is 2. The third-order valence-electron chi connectivity index (χ3n) is 3.68. The largest absolute Gasteiger partial charge is 0.324 e. The van der Waals surface area contributed by atoms with E-state index in [1.807, 2.05) is 24.3 Å². The van der Waals surface area contributed by atoms with E-state index < -0.39 is 0 Å². The standard InChI is InChI=1S/C20H16BrN3O2/c21-16-8-2-1-6-14(16)12-19(25)23-17-9-3-4-10-18(17)24-20(26)15-7-5-11-22-13-15/h1-11,13H,12H2,(H,23,25)(H,24,26). The normalized spacial score (nSPS) is 10.2. The number of nitrogens with zero attached hydrogens (tertiary/aromatic N) is 1. The summed E-state index contributed by atoms with van der Waals surface area (Å²) in [5.74, 6) is -0.453. The lowest BCUT2D eigenvalue weighted by molar-refractivity contribution is -0.115. The van der Waals surface area contributed by atoms with Gasteiger partial charge in [-0.3, -0.25) is 14.6 Å². The van der Waals surface area contributed by atoms with Crippen LogP contribution in [0.1, 0.15) is 15.9 Å². The molecule has 1 aromatic heterocycles. The maximum absolute atomic E-state index is 12.4. The van der Waals surface area contributed by atoms with E-state index in [2.05, 4.69) is 31.5 Å². The molecule has 0 unspecified atom stereocenters. The van der Waals surface area contributed by atoms with E-state index in [1.54, 1.807) is 42.6 Å². The number of carbonyl (C=O) groups is 2. The molecule has 0 fully saturated rings. The van der Waals surface area contributed by atoms with Crippen LogP contribution >= 0.6 is 15.9 Å². The van der Waals surface area contributed by atoms with Gasteiger partial charge in [0.2, 0.25) is 5.91 Å². The molecule has 0 aliphatic rings. The lowest BCUT2D eigenvalue weighted by Gasteiger charge is -2.12. The van der Waals surface area contributed by atoms with Crippen LogP contribution in [0.4, 0.5) is 11.4 Å². The number of pyridine rings is 1. The molecule has 0 aliphatic heterocycles. The van der Waals surface area contributed by atoms with Gasteiger partial charge < -0.3 is 10.6 Å². The molecule has 26 heavy (non-hydrogen) atoms. The summed E-state index contributed by atoms with van der Waals surface area (Å²) in [6.07, 6.45) is 3.32. The average molecular weight is 410 g/mol. The number of hydrogen-bond donors (Lipinski definition) is 2. The van der Waals surface area contributed by atoms with Crippen molar-refractivity contribution >= 4 is 39.1 Å². The van der Waals surface area contributed by atoms with Crippen molar-refractivity contribution in [2.75, 3.05) is 10.6 Å². The monoisotopic (exact) mass is 409 g/mol. The molecule has 0 saturated heterocycles. The summed E-state index contributed by atoms with van der Waals surface area (Å²) in [6.45, 7) is 0. The molecule has 0 spiro atoms. The number of benzene rings is 2. The molecule has 0 bridgehead atoms. The Bertz CT molecular complexity index is 929. The maximum Gasteiger partial charge on any atom is 0.257 e. The van der Waals surface area contributed by atoms with E-state index in [0.717, 1.165) is 10.0 Å². The van der Waals surface area contributed by atoms with Crippen LogP contribution in [0, 0.1) is 0 Å². The third kappa shape index (κ3) is 4.55. The van der Waals surface area contributed by atoms with Gasteiger partial charge in [-0.2, -0.15) is 0 Å². The minimum atomic E-state index is -0.286. The van der Waals surface area contributed by atoms with Crippen molar-refractivity contribution in [2.45, 2.75) is 6.42 Å². The van der Waals surface area contributed by atoms with Gasteiger partial charge in [-0.1, -0.05) is 46.3 Å². The van der Waals surface area contributed by atoms with Crippen molar-refractivity contribution in [1.82, 2.24) is 4.98 Å². The minimum Gasteiger partial charge on any atom is -0.324 e. The molecular weight excluding hydrogens is 394 g/mol. The van der Waals surface area contributed by atoms with Gasteiger partial charge in [0.05, 0.1) is 23.4 Å². The second-order valence-corrected chi connectivity index (χ2v) is 6.41. The summed E-state index contributed by atoms with van der Waals surface area (Å²) in [5, 5.41) is 5.66. The number of aromatic nitrogens is 1. The van der Waals surface area contributed by atoms with E-state index in [1.165, 1.54) is 6.20 Å². The van der Waals surface area contributed by atoms with Crippen molar-refractivity contribution in [3.63, 3.8) is 0 Å². The zero-order chi connectivity index (χ0) is 18.4. The second-order valence-electron chi connectivity index (χ2n) is 5.56. The predicted octanol–water partition coefficient (Wildman–Crippen LogP) is 4.28. The van der Waals surface area contributed by atoms with Gasteiger partial charge >= 0.3 is 0 Å². The Morgan fingerprint density at radius 3 is 2.27 bits per heavy atom. The first kappa shape index (κ1) is 17.8. The van der Waals surface area contributed by atoms with Gasteiger partial charge in [0.1, 0.15) is 0 Å². The molecule has 3 rings (SSSR count). The lowest BCUT2D eigenvalue weighted by atomic mass is 10.1. The molecule has 2 aromatic carbocycles. The Labute approximate surface area is 159 Å². The van der Waals surface area contributed by atoms with E-state index in [-0.39, 0.29) is 18.2 Å². The molecule has 0 saturated carbocycles. The molecular formula is C20H16BrN3O2. The van der Waals surface area contributed by atoms with Crippen LogP contribution in [-0.4, -0.2) is 16.8 Å². The van der Waals surface area contributed by atoms with Crippen molar-refractivity contribution < 1.29 is 9.59 Å². The van der Waals surface area contributed by atoms with Crippen molar-refractivity contribution in [3.05, 3.63) is 88.7 Å². The minimum absolute atomic E-state index is 0.167. The first-order chi connectivity index (χ1) is 12.6. The average Bonchev–Trinajstić information content (AvgIpc) is 2.66. The van der Waals surface area contributed by atoms with Crippen molar-refractivity contribution in [3.8, 4) is 0 Å². The van der Waals surface area contributed by atoms with Crippen molar-refractivity contribution in [1.29, 1.82) is 0 Å². The van der Waals surface area contributed by atoms with Crippen LogP contribution in [0.2, 0.25) is 0 Å². The fourth-order valence-corrected chi connectivity index (χ4v) is 2.83. The molecule has 0 atom stereocenters. The predicted molar refractivity (Wildman–Crippen MR) is 105 cm³/mol. The molecule has 2 amide bonds. The highest BCUT2D eigenvalue weighted by molar-refractivity contribution is 9.10. The highest BCUT2D eigenvalue weighted by Gasteiger charge is 2.12. The molecule has 3 aromatic rings.